The third-order valence-electron chi connectivity index (χ3n) is 5.95. The lowest BCUT2D eigenvalue weighted by Gasteiger charge is -2.49. The molecule has 2 amide bonds. The molecule has 0 bridgehead atoms. The predicted octanol–water partition coefficient (Wildman–Crippen LogP) is 2.47. The number of hydrogen-bond donors (Lipinski definition) is 1. The molecule has 4 heteroatoms. The summed E-state index contributed by atoms with van der Waals surface area (Å²) in [6.07, 6.45) is 6.44. The molecule has 0 aromatic rings. The summed E-state index contributed by atoms with van der Waals surface area (Å²) in [7, 11) is 0. The van der Waals surface area contributed by atoms with E-state index in [-0.39, 0.29) is 23.9 Å². The molecule has 1 saturated heterocycles. The zero-order valence-corrected chi connectivity index (χ0v) is 13.7. The quantitative estimate of drug-likeness (QED) is 0.850. The van der Waals surface area contributed by atoms with Crippen LogP contribution in [-0.4, -0.2) is 34.3 Å². The Morgan fingerprint density at radius 2 is 1.62 bits per heavy atom. The molecule has 2 unspecified atom stereocenters. The highest BCUT2D eigenvalue weighted by molar-refractivity contribution is 6.00. The van der Waals surface area contributed by atoms with Crippen molar-refractivity contribution in [3.05, 3.63) is 0 Å². The Morgan fingerprint density at radius 1 is 1.05 bits per heavy atom. The van der Waals surface area contributed by atoms with Gasteiger partial charge in [-0.05, 0) is 63.7 Å². The molecule has 2 aliphatic carbocycles. The highest BCUT2D eigenvalue weighted by Gasteiger charge is 2.55. The smallest absolute Gasteiger partial charge is 0.249 e. The summed E-state index contributed by atoms with van der Waals surface area (Å²) in [6, 6.07) is -0.0832. The largest absolute Gasteiger partial charge is 0.340 e. The summed E-state index contributed by atoms with van der Waals surface area (Å²) >= 11 is 0. The Bertz CT molecular complexity index is 459. The van der Waals surface area contributed by atoms with Gasteiger partial charge in [0, 0.05) is 6.04 Å². The lowest BCUT2D eigenvalue weighted by Crippen LogP contribution is -2.71. The van der Waals surface area contributed by atoms with E-state index in [1.54, 1.807) is 0 Å². The second-order valence-electron chi connectivity index (χ2n) is 8.25. The van der Waals surface area contributed by atoms with Gasteiger partial charge in [-0.1, -0.05) is 13.8 Å². The molecular formula is C17H28N2O2. The fraction of sp³-hybridized carbons (Fsp3) is 0.882. The van der Waals surface area contributed by atoms with Gasteiger partial charge in [0.15, 0.2) is 0 Å². The van der Waals surface area contributed by atoms with Gasteiger partial charge in [0.05, 0.1) is 0 Å². The predicted molar refractivity (Wildman–Crippen MR) is 81.6 cm³/mol. The van der Waals surface area contributed by atoms with Crippen molar-refractivity contribution in [2.45, 2.75) is 83.8 Å². The average Bonchev–Trinajstić information content (AvgIpc) is 3.23. The van der Waals surface area contributed by atoms with Gasteiger partial charge in [0.1, 0.15) is 11.6 Å². The highest BCUT2D eigenvalue weighted by Crippen LogP contribution is 2.44. The van der Waals surface area contributed by atoms with Crippen molar-refractivity contribution in [2.75, 3.05) is 0 Å². The fourth-order valence-electron chi connectivity index (χ4n) is 4.07. The molecule has 21 heavy (non-hydrogen) atoms. The van der Waals surface area contributed by atoms with E-state index in [1.807, 2.05) is 18.7 Å². The van der Waals surface area contributed by atoms with Crippen LogP contribution in [-0.2, 0) is 9.59 Å². The van der Waals surface area contributed by atoms with Gasteiger partial charge in [-0.15, -0.1) is 0 Å². The molecule has 3 fully saturated rings. The van der Waals surface area contributed by atoms with Crippen LogP contribution in [0.5, 0.6) is 0 Å². The first-order chi connectivity index (χ1) is 9.74. The number of piperazine rings is 1. The zero-order valence-electron chi connectivity index (χ0n) is 13.7. The third-order valence-corrected chi connectivity index (χ3v) is 5.95. The van der Waals surface area contributed by atoms with Gasteiger partial charge < -0.3 is 10.2 Å². The fourth-order valence-corrected chi connectivity index (χ4v) is 4.07. The monoisotopic (exact) mass is 292 g/mol. The van der Waals surface area contributed by atoms with E-state index in [0.29, 0.717) is 11.3 Å². The minimum atomic E-state index is -0.656. The van der Waals surface area contributed by atoms with Crippen LogP contribution in [0.15, 0.2) is 0 Å². The molecule has 0 spiro atoms. The van der Waals surface area contributed by atoms with Crippen molar-refractivity contribution in [1.29, 1.82) is 0 Å². The summed E-state index contributed by atoms with van der Waals surface area (Å²) in [4.78, 5) is 27.3. The normalized spacial score (nSPS) is 37.5. The van der Waals surface area contributed by atoms with E-state index in [1.165, 1.54) is 0 Å². The average molecular weight is 292 g/mol. The molecule has 118 valence electrons. The molecular weight excluding hydrogens is 264 g/mol. The Hall–Kier alpha value is -1.06. The summed E-state index contributed by atoms with van der Waals surface area (Å²) in [5, 5.41) is 3.01. The number of nitrogens with zero attached hydrogens (tertiary/aromatic N) is 1. The van der Waals surface area contributed by atoms with Crippen molar-refractivity contribution in [3.63, 3.8) is 0 Å². The van der Waals surface area contributed by atoms with Gasteiger partial charge in [0.25, 0.3) is 0 Å². The topological polar surface area (TPSA) is 49.4 Å². The summed E-state index contributed by atoms with van der Waals surface area (Å²) in [6.45, 7) is 8.40. The van der Waals surface area contributed by atoms with E-state index in [2.05, 4.69) is 19.2 Å². The van der Waals surface area contributed by atoms with E-state index in [0.717, 1.165) is 38.5 Å². The number of carbonyl (C=O) groups is 2. The Labute approximate surface area is 127 Å². The molecule has 3 aliphatic rings. The van der Waals surface area contributed by atoms with Crippen LogP contribution in [0.1, 0.15) is 66.2 Å². The van der Waals surface area contributed by atoms with Crippen molar-refractivity contribution < 1.29 is 9.59 Å². The van der Waals surface area contributed by atoms with Gasteiger partial charge >= 0.3 is 0 Å². The summed E-state index contributed by atoms with van der Waals surface area (Å²) in [5.41, 5.74) is -0.281. The zero-order chi connectivity index (χ0) is 15.4. The van der Waals surface area contributed by atoms with Gasteiger partial charge in [-0.3, -0.25) is 9.59 Å². The van der Waals surface area contributed by atoms with Gasteiger partial charge in [-0.2, -0.15) is 0 Å². The molecule has 3 rings (SSSR count). The van der Waals surface area contributed by atoms with Crippen LogP contribution in [0.25, 0.3) is 0 Å². The second kappa shape index (κ2) is 4.72. The molecule has 2 saturated carbocycles. The molecule has 1 aliphatic heterocycles. The first-order valence-electron chi connectivity index (χ1n) is 8.39. The number of amides is 2. The van der Waals surface area contributed by atoms with Crippen molar-refractivity contribution in [1.82, 2.24) is 10.2 Å². The maximum Gasteiger partial charge on any atom is 0.249 e. The van der Waals surface area contributed by atoms with E-state index >= 15 is 0 Å². The number of rotatable bonds is 2. The van der Waals surface area contributed by atoms with Gasteiger partial charge in [-0.25, -0.2) is 0 Å². The Morgan fingerprint density at radius 3 is 2.14 bits per heavy atom. The minimum Gasteiger partial charge on any atom is -0.340 e. The lowest BCUT2D eigenvalue weighted by molar-refractivity contribution is -0.158. The number of carbonyl (C=O) groups excluding carboxylic acids is 2. The number of hydrogen-bond acceptors (Lipinski definition) is 2. The molecule has 0 aromatic heterocycles. The van der Waals surface area contributed by atoms with Crippen LogP contribution in [0.3, 0.4) is 0 Å². The van der Waals surface area contributed by atoms with Crippen LogP contribution in [0.2, 0.25) is 0 Å². The minimum absolute atomic E-state index is 0.0221. The van der Waals surface area contributed by atoms with Crippen LogP contribution in [0.4, 0.5) is 0 Å². The highest BCUT2D eigenvalue weighted by atomic mass is 16.2. The van der Waals surface area contributed by atoms with Crippen LogP contribution < -0.4 is 5.32 Å². The van der Waals surface area contributed by atoms with Crippen molar-refractivity contribution in [2.24, 2.45) is 11.3 Å². The maximum absolute atomic E-state index is 13.1. The van der Waals surface area contributed by atoms with Crippen molar-refractivity contribution in [3.8, 4) is 0 Å². The number of nitrogens with one attached hydrogen (secondary N) is 1. The van der Waals surface area contributed by atoms with Gasteiger partial charge in [0.2, 0.25) is 11.8 Å². The van der Waals surface area contributed by atoms with E-state index in [4.69, 9.17) is 0 Å². The SMILES string of the molecule is CC1C(=O)NC(C)(C2CC2)C(=O)N1C1CCC(C)(C)CC1. The van der Waals surface area contributed by atoms with E-state index in [9.17, 15) is 9.59 Å². The first-order valence-corrected chi connectivity index (χ1v) is 8.39. The lowest BCUT2D eigenvalue weighted by atomic mass is 9.74. The standard InChI is InChI=1S/C17H28N2O2/c1-11-14(20)18-17(4,12-5-6-12)15(21)19(11)13-7-9-16(2,3)10-8-13/h11-13H,5-10H2,1-4H3,(H,18,20). The van der Waals surface area contributed by atoms with Crippen LogP contribution in [0, 0.1) is 11.3 Å². The molecule has 2 atom stereocenters. The van der Waals surface area contributed by atoms with Crippen molar-refractivity contribution >= 4 is 11.8 Å². The molecule has 0 radical (unpaired) electrons. The molecule has 0 aromatic carbocycles. The summed E-state index contributed by atoms with van der Waals surface area (Å²) in [5.74, 6) is 0.514. The third kappa shape index (κ3) is 2.47. The second-order valence-corrected chi connectivity index (χ2v) is 8.25. The molecule has 1 N–H and O–H groups in total. The molecule has 1 heterocycles. The molecule has 4 nitrogen and oxygen atoms in total. The van der Waals surface area contributed by atoms with E-state index < -0.39 is 5.54 Å². The Kier molecular flexibility index (Phi) is 3.34. The maximum atomic E-state index is 13.1. The van der Waals surface area contributed by atoms with Crippen LogP contribution >= 0.6 is 0 Å². The summed E-state index contributed by atoms with van der Waals surface area (Å²) < 4.78 is 0. The Balaban J connectivity index is 1.82. The first kappa shape index (κ1) is 14.9.